The molecule has 0 atom stereocenters. The molecule has 0 aliphatic carbocycles. The summed E-state index contributed by atoms with van der Waals surface area (Å²) in [6.07, 6.45) is -1.37. The highest BCUT2D eigenvalue weighted by Gasteiger charge is 2.28. The molecule has 1 aromatic heterocycles. The number of carbonyl (C=O) groups excluding carboxylic acids is 1. The van der Waals surface area contributed by atoms with Crippen molar-refractivity contribution in [3.63, 3.8) is 0 Å². The van der Waals surface area contributed by atoms with Crippen LogP contribution < -0.4 is 5.32 Å². The zero-order chi connectivity index (χ0) is 18.0. The number of carbonyl (C=O) groups is 1. The highest BCUT2D eigenvalue weighted by molar-refractivity contribution is 5.95. The van der Waals surface area contributed by atoms with E-state index in [2.05, 4.69) is 4.98 Å². The lowest BCUT2D eigenvalue weighted by atomic mass is 9.96. The minimum atomic E-state index is -4.46. The van der Waals surface area contributed by atoms with E-state index in [-0.39, 0.29) is 5.56 Å². The molecule has 1 heterocycles. The molecule has 0 radical (unpaired) electrons. The van der Waals surface area contributed by atoms with Crippen LogP contribution in [0.2, 0.25) is 0 Å². The predicted octanol–water partition coefficient (Wildman–Crippen LogP) is 3.27. The maximum atomic E-state index is 12.2. The van der Waals surface area contributed by atoms with Crippen LogP contribution in [0.1, 0.15) is 29.8 Å². The summed E-state index contributed by atoms with van der Waals surface area (Å²) < 4.78 is 36.6. The van der Waals surface area contributed by atoms with E-state index in [0.717, 1.165) is 0 Å². The fourth-order valence-corrected chi connectivity index (χ4v) is 2.05. The van der Waals surface area contributed by atoms with Crippen LogP contribution in [0.3, 0.4) is 0 Å². The topological polar surface area (TPSA) is 62.2 Å². The first-order chi connectivity index (χ1) is 11.1. The number of halogens is 3. The second-order valence-electron chi connectivity index (χ2n) is 5.90. The summed E-state index contributed by atoms with van der Waals surface area (Å²) in [5.41, 5.74) is 0.899. The van der Waals surface area contributed by atoms with Gasteiger partial charge in [0.25, 0.3) is 5.91 Å². The molecule has 7 heteroatoms. The lowest BCUT2D eigenvalue weighted by Crippen LogP contribution is -2.33. The monoisotopic (exact) mass is 338 g/mol. The summed E-state index contributed by atoms with van der Waals surface area (Å²) in [5.74, 6) is -0.805. The van der Waals surface area contributed by atoms with Gasteiger partial charge in [-0.15, -0.1) is 0 Å². The Morgan fingerprint density at radius 2 is 1.88 bits per heavy atom. The zero-order valence-corrected chi connectivity index (χ0v) is 13.2. The highest BCUT2D eigenvalue weighted by atomic mass is 19.4. The van der Waals surface area contributed by atoms with Crippen LogP contribution in [0.15, 0.2) is 42.7 Å². The molecular weight excluding hydrogens is 321 g/mol. The molecule has 2 rings (SSSR count). The van der Waals surface area contributed by atoms with E-state index in [0.29, 0.717) is 16.7 Å². The molecule has 0 saturated heterocycles. The van der Waals surface area contributed by atoms with Crippen molar-refractivity contribution in [3.05, 3.63) is 53.9 Å². The van der Waals surface area contributed by atoms with E-state index in [1.165, 1.54) is 18.3 Å². The van der Waals surface area contributed by atoms with Gasteiger partial charge < -0.3 is 10.4 Å². The van der Waals surface area contributed by atoms with Gasteiger partial charge in [-0.3, -0.25) is 9.78 Å². The number of benzene rings is 1. The lowest BCUT2D eigenvalue weighted by Gasteiger charge is -2.18. The number of aromatic nitrogens is 1. The van der Waals surface area contributed by atoms with Gasteiger partial charge >= 0.3 is 6.18 Å². The smallest absolute Gasteiger partial charge is 0.386 e. The first-order valence-electron chi connectivity index (χ1n) is 7.19. The van der Waals surface area contributed by atoms with Crippen molar-refractivity contribution >= 4 is 5.91 Å². The molecular formula is C17H17F3N2O2. The van der Waals surface area contributed by atoms with Crippen LogP contribution in [0.25, 0.3) is 11.1 Å². The maximum Gasteiger partial charge on any atom is 0.405 e. The highest BCUT2D eigenvalue weighted by Crippen LogP contribution is 2.25. The quantitative estimate of drug-likeness (QED) is 0.899. The number of nitrogens with one attached hydrogen (secondary N) is 1. The minimum Gasteiger partial charge on any atom is -0.386 e. The minimum absolute atomic E-state index is 0.116. The van der Waals surface area contributed by atoms with Gasteiger partial charge in [0.1, 0.15) is 6.54 Å². The van der Waals surface area contributed by atoms with Gasteiger partial charge in [0.2, 0.25) is 0 Å². The Morgan fingerprint density at radius 3 is 2.50 bits per heavy atom. The van der Waals surface area contributed by atoms with Gasteiger partial charge in [-0.1, -0.05) is 12.1 Å². The molecule has 0 unspecified atom stereocenters. The van der Waals surface area contributed by atoms with Crippen molar-refractivity contribution in [1.82, 2.24) is 10.3 Å². The molecule has 2 N–H and O–H groups in total. The van der Waals surface area contributed by atoms with E-state index >= 15 is 0 Å². The largest absolute Gasteiger partial charge is 0.405 e. The van der Waals surface area contributed by atoms with Gasteiger partial charge in [0, 0.05) is 29.1 Å². The Balaban J connectivity index is 2.26. The van der Waals surface area contributed by atoms with Crippen LogP contribution in [0.5, 0.6) is 0 Å². The van der Waals surface area contributed by atoms with E-state index in [1.54, 1.807) is 38.2 Å². The molecule has 0 spiro atoms. The fourth-order valence-electron chi connectivity index (χ4n) is 2.05. The number of amides is 1. The van der Waals surface area contributed by atoms with Gasteiger partial charge in [-0.25, -0.2) is 0 Å². The third kappa shape index (κ3) is 4.79. The maximum absolute atomic E-state index is 12.2. The number of hydrogen-bond donors (Lipinski definition) is 2. The molecule has 0 aliphatic rings. The number of alkyl halides is 3. The molecule has 0 bridgehead atoms. The molecule has 0 fully saturated rings. The van der Waals surface area contributed by atoms with Crippen LogP contribution in [-0.4, -0.2) is 28.7 Å². The first kappa shape index (κ1) is 17.9. The van der Waals surface area contributed by atoms with Crippen molar-refractivity contribution in [2.75, 3.05) is 6.54 Å². The number of pyridine rings is 1. The summed E-state index contributed by atoms with van der Waals surface area (Å²) in [5, 5.41) is 11.9. The molecule has 1 amide bonds. The Hall–Kier alpha value is -2.41. The summed E-state index contributed by atoms with van der Waals surface area (Å²) in [6.45, 7) is 1.86. The van der Waals surface area contributed by atoms with Crippen molar-refractivity contribution in [1.29, 1.82) is 0 Å². The van der Waals surface area contributed by atoms with E-state index in [4.69, 9.17) is 0 Å². The molecule has 24 heavy (non-hydrogen) atoms. The van der Waals surface area contributed by atoms with Gasteiger partial charge in [0.05, 0.1) is 5.60 Å². The SMILES string of the molecule is CC(C)(O)c1cncc(-c2cccc(C(=O)NCC(F)(F)F)c2)c1. The third-order valence-corrected chi connectivity index (χ3v) is 3.35. The third-order valence-electron chi connectivity index (χ3n) is 3.35. The van der Waals surface area contributed by atoms with Gasteiger partial charge in [-0.05, 0) is 37.6 Å². The van der Waals surface area contributed by atoms with Crippen LogP contribution in [0.4, 0.5) is 13.2 Å². The number of aliphatic hydroxyl groups is 1. The molecule has 1 aromatic carbocycles. The summed E-state index contributed by atoms with van der Waals surface area (Å²) in [6, 6.07) is 7.93. The summed E-state index contributed by atoms with van der Waals surface area (Å²) >= 11 is 0. The number of rotatable bonds is 4. The van der Waals surface area contributed by atoms with Crippen molar-refractivity contribution in [2.24, 2.45) is 0 Å². The van der Waals surface area contributed by atoms with Crippen molar-refractivity contribution in [2.45, 2.75) is 25.6 Å². The number of nitrogens with zero attached hydrogens (tertiary/aromatic N) is 1. The molecule has 0 saturated carbocycles. The normalized spacial score (nSPS) is 12.1. The van der Waals surface area contributed by atoms with Gasteiger partial charge in [0.15, 0.2) is 0 Å². The average Bonchev–Trinajstić information content (AvgIpc) is 2.51. The molecule has 2 aromatic rings. The molecule has 4 nitrogen and oxygen atoms in total. The van der Waals surface area contributed by atoms with Crippen LogP contribution in [-0.2, 0) is 5.60 Å². The summed E-state index contributed by atoms with van der Waals surface area (Å²) in [4.78, 5) is 15.9. The van der Waals surface area contributed by atoms with E-state index < -0.39 is 24.2 Å². The van der Waals surface area contributed by atoms with Crippen LogP contribution in [0, 0.1) is 0 Å². The average molecular weight is 338 g/mol. The van der Waals surface area contributed by atoms with E-state index in [9.17, 15) is 23.1 Å². The molecule has 0 aliphatic heterocycles. The molecule has 128 valence electrons. The van der Waals surface area contributed by atoms with Crippen LogP contribution >= 0.6 is 0 Å². The Bertz CT molecular complexity index is 737. The zero-order valence-electron chi connectivity index (χ0n) is 13.2. The van der Waals surface area contributed by atoms with E-state index in [1.807, 2.05) is 5.32 Å². The Morgan fingerprint density at radius 1 is 1.17 bits per heavy atom. The van der Waals surface area contributed by atoms with Gasteiger partial charge in [-0.2, -0.15) is 13.2 Å². The number of hydrogen-bond acceptors (Lipinski definition) is 3. The van der Waals surface area contributed by atoms with Crippen molar-refractivity contribution in [3.8, 4) is 11.1 Å². The fraction of sp³-hybridized carbons (Fsp3) is 0.294. The second kappa shape index (κ2) is 6.60. The Kier molecular flexibility index (Phi) is 4.94. The summed E-state index contributed by atoms with van der Waals surface area (Å²) in [7, 11) is 0. The Labute approximate surface area is 137 Å². The first-order valence-corrected chi connectivity index (χ1v) is 7.19. The van der Waals surface area contributed by atoms with Crippen molar-refractivity contribution < 1.29 is 23.1 Å². The second-order valence-corrected chi connectivity index (χ2v) is 5.90. The lowest BCUT2D eigenvalue weighted by molar-refractivity contribution is -0.123. The predicted molar refractivity (Wildman–Crippen MR) is 83.3 cm³/mol. The standard InChI is InChI=1S/C17H17F3N2O2/c1-16(2,24)14-7-13(8-21-9-14)11-4-3-5-12(6-11)15(23)22-10-17(18,19)20/h3-9,24H,10H2,1-2H3,(H,22,23).